The summed E-state index contributed by atoms with van der Waals surface area (Å²) in [6.45, 7) is 2.90. The van der Waals surface area contributed by atoms with Gasteiger partial charge in [0.1, 0.15) is 17.5 Å². The number of alkyl halides is 4. The minimum atomic E-state index is -4.56. The second-order valence-electron chi connectivity index (χ2n) is 8.46. The Hall–Kier alpha value is -2.23. The van der Waals surface area contributed by atoms with Gasteiger partial charge in [0.2, 0.25) is 0 Å². The second kappa shape index (κ2) is 7.72. The van der Waals surface area contributed by atoms with Crippen molar-refractivity contribution in [2.24, 2.45) is 0 Å². The highest BCUT2D eigenvalue weighted by molar-refractivity contribution is 7.85. The number of aryl methyl sites for hydroxylation is 1. The van der Waals surface area contributed by atoms with Crippen LogP contribution >= 0.6 is 0 Å². The zero-order valence-corrected chi connectivity index (χ0v) is 18.0. The Kier molecular flexibility index (Phi) is 5.47. The van der Waals surface area contributed by atoms with Gasteiger partial charge in [0.05, 0.1) is 17.2 Å². The minimum Gasteiger partial charge on any atom is -0.332 e. The third-order valence-corrected chi connectivity index (χ3v) is 6.84. The molecule has 3 atom stereocenters. The SMILES string of the molecule is Cc1cc(C(F)(F)F)cc(N2CS(=O)C[C@H]2C(=O)N(C2=CCC(C)(F)C=C2)C2CC2)n1. The van der Waals surface area contributed by atoms with Crippen molar-refractivity contribution in [1.82, 2.24) is 9.88 Å². The molecule has 1 saturated heterocycles. The largest absolute Gasteiger partial charge is 0.416 e. The lowest BCUT2D eigenvalue weighted by molar-refractivity contribution is -0.137. The summed E-state index contributed by atoms with van der Waals surface area (Å²) in [6, 6.07) is 0.894. The highest BCUT2D eigenvalue weighted by Gasteiger charge is 2.44. The summed E-state index contributed by atoms with van der Waals surface area (Å²) in [5, 5.41) is 0. The van der Waals surface area contributed by atoms with Crippen LogP contribution in [0.15, 0.2) is 36.1 Å². The van der Waals surface area contributed by atoms with Gasteiger partial charge in [-0.25, -0.2) is 9.37 Å². The van der Waals surface area contributed by atoms with Gasteiger partial charge in [0, 0.05) is 34.7 Å². The number of nitrogens with zero attached hydrogens (tertiary/aromatic N) is 3. The molecule has 5 nitrogen and oxygen atoms in total. The van der Waals surface area contributed by atoms with E-state index in [2.05, 4.69) is 4.98 Å². The molecule has 1 saturated carbocycles. The van der Waals surface area contributed by atoms with E-state index in [1.807, 2.05) is 0 Å². The van der Waals surface area contributed by atoms with Crippen LogP contribution in [-0.4, -0.2) is 49.4 Å². The van der Waals surface area contributed by atoms with Gasteiger partial charge < -0.3 is 9.80 Å². The lowest BCUT2D eigenvalue weighted by Gasteiger charge is -2.33. The molecular weight excluding hydrogens is 434 g/mol. The van der Waals surface area contributed by atoms with Gasteiger partial charge in [0.25, 0.3) is 5.91 Å². The molecule has 1 aromatic rings. The molecule has 2 unspecified atom stereocenters. The molecule has 0 spiro atoms. The first kappa shape index (κ1) is 22.0. The molecule has 0 bridgehead atoms. The highest BCUT2D eigenvalue weighted by Crippen LogP contribution is 2.37. The van der Waals surface area contributed by atoms with Crippen LogP contribution in [0.2, 0.25) is 0 Å². The summed E-state index contributed by atoms with van der Waals surface area (Å²) in [4.78, 5) is 20.7. The molecule has 168 valence electrons. The lowest BCUT2D eigenvalue weighted by atomic mass is 9.97. The first-order valence-electron chi connectivity index (χ1n) is 10.0. The molecule has 0 N–H and O–H groups in total. The van der Waals surface area contributed by atoms with Gasteiger partial charge in [-0.1, -0.05) is 6.08 Å². The summed E-state index contributed by atoms with van der Waals surface area (Å²) < 4.78 is 66.4. The lowest BCUT2D eigenvalue weighted by Crippen LogP contribution is -2.48. The summed E-state index contributed by atoms with van der Waals surface area (Å²) in [5.41, 5.74) is -1.61. The van der Waals surface area contributed by atoms with Crippen LogP contribution in [0.3, 0.4) is 0 Å². The Labute approximate surface area is 180 Å². The third-order valence-electron chi connectivity index (χ3n) is 5.59. The van der Waals surface area contributed by atoms with Crippen molar-refractivity contribution >= 4 is 22.5 Å². The molecule has 1 aromatic heterocycles. The molecular formula is C21H23F4N3O2S. The third kappa shape index (κ3) is 4.68. The van der Waals surface area contributed by atoms with E-state index in [0.29, 0.717) is 5.70 Å². The van der Waals surface area contributed by atoms with Crippen LogP contribution < -0.4 is 4.90 Å². The maximum atomic E-state index is 14.1. The first-order chi connectivity index (χ1) is 14.4. The molecule has 2 heterocycles. The van der Waals surface area contributed by atoms with E-state index in [4.69, 9.17) is 0 Å². The first-order valence-corrected chi connectivity index (χ1v) is 11.5. The van der Waals surface area contributed by atoms with Crippen molar-refractivity contribution in [3.8, 4) is 0 Å². The van der Waals surface area contributed by atoms with Crippen molar-refractivity contribution in [3.63, 3.8) is 0 Å². The molecule has 31 heavy (non-hydrogen) atoms. The molecule has 2 aliphatic carbocycles. The monoisotopic (exact) mass is 457 g/mol. The zero-order chi connectivity index (χ0) is 22.6. The fourth-order valence-electron chi connectivity index (χ4n) is 3.85. The Morgan fingerprint density at radius 3 is 2.61 bits per heavy atom. The topological polar surface area (TPSA) is 53.5 Å². The molecule has 3 aliphatic rings. The maximum Gasteiger partial charge on any atom is 0.416 e. The fraction of sp³-hybridized carbons (Fsp3) is 0.524. The van der Waals surface area contributed by atoms with Crippen molar-refractivity contribution in [3.05, 3.63) is 47.3 Å². The van der Waals surface area contributed by atoms with Crippen LogP contribution in [0.5, 0.6) is 0 Å². The molecule has 1 amide bonds. The van der Waals surface area contributed by atoms with Crippen LogP contribution in [0.1, 0.15) is 37.4 Å². The van der Waals surface area contributed by atoms with Crippen molar-refractivity contribution in [2.75, 3.05) is 16.5 Å². The van der Waals surface area contributed by atoms with E-state index in [1.54, 1.807) is 17.1 Å². The average molecular weight is 457 g/mol. The van der Waals surface area contributed by atoms with Crippen molar-refractivity contribution in [1.29, 1.82) is 0 Å². The second-order valence-corrected chi connectivity index (χ2v) is 9.93. The maximum absolute atomic E-state index is 14.1. The van der Waals surface area contributed by atoms with Crippen molar-refractivity contribution in [2.45, 2.75) is 57.0 Å². The van der Waals surface area contributed by atoms with Crippen LogP contribution in [0.4, 0.5) is 23.4 Å². The number of carbonyl (C=O) groups is 1. The summed E-state index contributed by atoms with van der Waals surface area (Å²) >= 11 is 0. The predicted octanol–water partition coefficient (Wildman–Crippen LogP) is 3.87. The van der Waals surface area contributed by atoms with Gasteiger partial charge in [-0.2, -0.15) is 13.2 Å². The number of aromatic nitrogens is 1. The number of hydrogen-bond acceptors (Lipinski definition) is 4. The van der Waals surface area contributed by atoms with Gasteiger partial charge in [0.15, 0.2) is 0 Å². The van der Waals surface area contributed by atoms with E-state index < -0.39 is 34.2 Å². The Morgan fingerprint density at radius 2 is 2.03 bits per heavy atom. The molecule has 1 aliphatic heterocycles. The quantitative estimate of drug-likeness (QED) is 0.645. The smallest absolute Gasteiger partial charge is 0.332 e. The normalized spacial score (nSPS) is 28.6. The van der Waals surface area contributed by atoms with Gasteiger partial charge in [-0.15, -0.1) is 0 Å². The number of allylic oxidation sites excluding steroid dienone is 3. The zero-order valence-electron chi connectivity index (χ0n) is 17.2. The number of pyridine rings is 1. The molecule has 0 radical (unpaired) electrons. The molecule has 10 heteroatoms. The van der Waals surface area contributed by atoms with E-state index in [9.17, 15) is 26.6 Å². The number of hydrogen-bond donors (Lipinski definition) is 0. The van der Waals surface area contributed by atoms with E-state index in [0.717, 1.165) is 25.0 Å². The number of amides is 1. The number of halogens is 4. The Bertz CT molecular complexity index is 985. The van der Waals surface area contributed by atoms with E-state index in [-0.39, 0.29) is 41.5 Å². The van der Waals surface area contributed by atoms with Gasteiger partial charge in [-0.3, -0.25) is 9.00 Å². The highest BCUT2D eigenvalue weighted by atomic mass is 32.2. The van der Waals surface area contributed by atoms with Crippen LogP contribution in [0, 0.1) is 6.92 Å². The van der Waals surface area contributed by atoms with Crippen molar-refractivity contribution < 1.29 is 26.6 Å². The van der Waals surface area contributed by atoms with Gasteiger partial charge in [-0.05, 0) is 51.0 Å². The van der Waals surface area contributed by atoms with Crippen LogP contribution in [-0.2, 0) is 21.8 Å². The number of rotatable bonds is 4. The fourth-order valence-corrected chi connectivity index (χ4v) is 5.25. The van der Waals surface area contributed by atoms with E-state index in [1.165, 1.54) is 24.8 Å². The van der Waals surface area contributed by atoms with Crippen LogP contribution in [0.25, 0.3) is 0 Å². The summed E-state index contributed by atoms with van der Waals surface area (Å²) in [5.74, 6) is -0.419. The predicted molar refractivity (Wildman–Crippen MR) is 109 cm³/mol. The Morgan fingerprint density at radius 1 is 1.32 bits per heavy atom. The molecule has 4 rings (SSSR count). The summed E-state index contributed by atoms with van der Waals surface area (Å²) in [6.07, 6.45) is 1.80. The average Bonchev–Trinajstić information content (AvgIpc) is 3.42. The minimum absolute atomic E-state index is 0.0108. The molecule has 0 aromatic carbocycles. The summed E-state index contributed by atoms with van der Waals surface area (Å²) in [7, 11) is -1.41. The molecule has 2 fully saturated rings. The standard InChI is InChI=1S/C21H23F4N3O2S/c1-13-9-14(21(23,24)25)10-18(26-13)27-12-31(30)11-17(27)19(29)28(15-3-4-15)16-5-7-20(2,22)8-6-16/h5-7,9-10,15,17H,3-4,8,11-12H2,1-2H3/t17-,20?,31?/m0/s1. The van der Waals surface area contributed by atoms with Gasteiger partial charge >= 0.3 is 6.18 Å². The van der Waals surface area contributed by atoms with E-state index >= 15 is 0 Å². The number of anilines is 1. The number of carbonyl (C=O) groups excluding carboxylic acids is 1. The Balaban J connectivity index is 1.66.